The van der Waals surface area contributed by atoms with Crippen molar-refractivity contribution in [1.29, 1.82) is 0 Å². The van der Waals surface area contributed by atoms with E-state index in [0.717, 1.165) is 29.6 Å². The fourth-order valence-corrected chi connectivity index (χ4v) is 3.00. The third-order valence-electron chi connectivity index (χ3n) is 3.16. The molecule has 2 rings (SSSR count). The zero-order valence-electron chi connectivity index (χ0n) is 11.6. The van der Waals surface area contributed by atoms with Gasteiger partial charge in [-0.2, -0.15) is 0 Å². The van der Waals surface area contributed by atoms with Crippen LogP contribution in [-0.4, -0.2) is 23.0 Å². The lowest BCUT2D eigenvalue weighted by atomic mass is 10.1. The number of nitrogens with one attached hydrogen (secondary N) is 1. The van der Waals surface area contributed by atoms with Crippen LogP contribution < -0.4 is 5.32 Å². The van der Waals surface area contributed by atoms with Crippen LogP contribution in [0.1, 0.15) is 35.9 Å². The highest BCUT2D eigenvalue weighted by atomic mass is 32.1. The lowest BCUT2D eigenvalue weighted by Gasteiger charge is -2.13. The first-order valence-electron chi connectivity index (χ1n) is 6.74. The van der Waals surface area contributed by atoms with Crippen molar-refractivity contribution in [2.75, 3.05) is 0 Å². The van der Waals surface area contributed by atoms with E-state index in [1.807, 2.05) is 6.92 Å². The summed E-state index contributed by atoms with van der Waals surface area (Å²) in [6.45, 7) is 1.96. The highest BCUT2D eigenvalue weighted by molar-refractivity contribution is 7.20. The molecule has 0 aliphatic carbocycles. The number of carboxylic acid groups (broad SMARTS) is 1. The molecule has 0 saturated carbocycles. The minimum atomic E-state index is -1.04. The molecule has 21 heavy (non-hydrogen) atoms. The summed E-state index contributed by atoms with van der Waals surface area (Å²) in [5.41, 5.74) is 0. The molecule has 1 heterocycles. The van der Waals surface area contributed by atoms with Gasteiger partial charge in [0.25, 0.3) is 5.91 Å². The van der Waals surface area contributed by atoms with Gasteiger partial charge in [0.15, 0.2) is 0 Å². The maximum absolute atomic E-state index is 13.1. The van der Waals surface area contributed by atoms with Gasteiger partial charge < -0.3 is 10.4 Å². The van der Waals surface area contributed by atoms with Crippen LogP contribution in [0.15, 0.2) is 24.3 Å². The number of unbranched alkanes of at least 4 members (excludes halogenated alkanes) is 1. The topological polar surface area (TPSA) is 66.4 Å². The second-order valence-electron chi connectivity index (χ2n) is 4.80. The number of fused-ring (bicyclic) bond motifs is 1. The van der Waals surface area contributed by atoms with E-state index in [1.54, 1.807) is 12.1 Å². The second kappa shape index (κ2) is 6.67. The normalized spacial score (nSPS) is 12.3. The van der Waals surface area contributed by atoms with Crippen LogP contribution in [-0.2, 0) is 4.79 Å². The Hall–Kier alpha value is -1.95. The van der Waals surface area contributed by atoms with Crippen LogP contribution in [0.25, 0.3) is 10.1 Å². The quantitative estimate of drug-likeness (QED) is 0.859. The van der Waals surface area contributed by atoms with Gasteiger partial charge >= 0.3 is 5.97 Å². The Morgan fingerprint density at radius 2 is 2.14 bits per heavy atom. The number of amides is 1. The monoisotopic (exact) mass is 309 g/mol. The Bertz CT molecular complexity index is 668. The number of hydrogen-bond donors (Lipinski definition) is 2. The molecule has 6 heteroatoms. The average molecular weight is 309 g/mol. The molecular weight excluding hydrogens is 293 g/mol. The largest absolute Gasteiger partial charge is 0.480 e. The number of benzene rings is 1. The van der Waals surface area contributed by atoms with Crippen molar-refractivity contribution in [3.8, 4) is 0 Å². The minimum absolute atomic E-state index is 0.359. The van der Waals surface area contributed by atoms with E-state index in [-0.39, 0.29) is 5.82 Å². The number of thiophene rings is 1. The van der Waals surface area contributed by atoms with Gasteiger partial charge in [-0.3, -0.25) is 4.79 Å². The average Bonchev–Trinajstić information content (AvgIpc) is 2.85. The summed E-state index contributed by atoms with van der Waals surface area (Å²) < 4.78 is 13.8. The molecule has 0 aliphatic heterocycles. The Morgan fingerprint density at radius 1 is 1.38 bits per heavy atom. The first-order valence-corrected chi connectivity index (χ1v) is 7.55. The first-order chi connectivity index (χ1) is 10.0. The van der Waals surface area contributed by atoms with Crippen LogP contribution >= 0.6 is 11.3 Å². The van der Waals surface area contributed by atoms with Crippen molar-refractivity contribution in [2.45, 2.75) is 32.2 Å². The fourth-order valence-electron chi connectivity index (χ4n) is 2.01. The SMILES string of the molecule is CCCCC(NC(=O)c1cc2ccc(F)cc2s1)C(=O)O. The summed E-state index contributed by atoms with van der Waals surface area (Å²) >= 11 is 1.15. The minimum Gasteiger partial charge on any atom is -0.480 e. The van der Waals surface area contributed by atoms with Gasteiger partial charge in [-0.05, 0) is 30.0 Å². The number of carbonyl (C=O) groups is 2. The Kier molecular flexibility index (Phi) is 4.90. The van der Waals surface area contributed by atoms with E-state index >= 15 is 0 Å². The van der Waals surface area contributed by atoms with Crippen LogP contribution in [0.4, 0.5) is 4.39 Å². The summed E-state index contributed by atoms with van der Waals surface area (Å²) in [6.07, 6.45) is 1.99. The van der Waals surface area contributed by atoms with E-state index < -0.39 is 17.9 Å². The van der Waals surface area contributed by atoms with Crippen molar-refractivity contribution in [3.05, 3.63) is 35.0 Å². The molecule has 1 aromatic heterocycles. The molecule has 1 aromatic carbocycles. The van der Waals surface area contributed by atoms with E-state index in [1.165, 1.54) is 12.1 Å². The highest BCUT2D eigenvalue weighted by Gasteiger charge is 2.21. The molecule has 0 saturated heterocycles. The Balaban J connectivity index is 2.15. The number of carbonyl (C=O) groups excluding carboxylic acids is 1. The third-order valence-corrected chi connectivity index (χ3v) is 4.25. The summed E-state index contributed by atoms with van der Waals surface area (Å²) in [4.78, 5) is 23.6. The summed E-state index contributed by atoms with van der Waals surface area (Å²) in [6, 6.07) is 5.05. The maximum atomic E-state index is 13.1. The molecule has 2 N–H and O–H groups in total. The number of carboxylic acids is 1. The first kappa shape index (κ1) is 15.4. The highest BCUT2D eigenvalue weighted by Crippen LogP contribution is 2.26. The maximum Gasteiger partial charge on any atom is 0.326 e. The predicted octanol–water partition coefficient (Wildman–Crippen LogP) is 3.41. The lowest BCUT2D eigenvalue weighted by Crippen LogP contribution is -2.40. The molecule has 0 fully saturated rings. The van der Waals surface area contributed by atoms with Crippen molar-refractivity contribution in [3.63, 3.8) is 0 Å². The molecule has 0 radical (unpaired) electrons. The summed E-state index contributed by atoms with van der Waals surface area (Å²) in [5, 5.41) is 12.4. The molecule has 1 atom stereocenters. The van der Waals surface area contributed by atoms with Gasteiger partial charge in [0.05, 0.1) is 4.88 Å². The number of hydrogen-bond acceptors (Lipinski definition) is 3. The summed E-state index contributed by atoms with van der Waals surface area (Å²) in [5.74, 6) is -1.83. The number of rotatable bonds is 6. The van der Waals surface area contributed by atoms with Crippen molar-refractivity contribution >= 4 is 33.3 Å². The van der Waals surface area contributed by atoms with Crippen molar-refractivity contribution in [1.82, 2.24) is 5.32 Å². The Morgan fingerprint density at radius 3 is 2.81 bits per heavy atom. The van der Waals surface area contributed by atoms with Crippen molar-refractivity contribution < 1.29 is 19.1 Å². The third kappa shape index (κ3) is 3.78. The van der Waals surface area contributed by atoms with Crippen LogP contribution in [0.5, 0.6) is 0 Å². The van der Waals surface area contributed by atoms with Gasteiger partial charge in [0, 0.05) is 4.70 Å². The van der Waals surface area contributed by atoms with Gasteiger partial charge in [0.1, 0.15) is 11.9 Å². The zero-order valence-corrected chi connectivity index (χ0v) is 12.4. The standard InChI is InChI=1S/C15H16FNO3S/c1-2-3-4-11(15(19)20)17-14(18)13-7-9-5-6-10(16)8-12(9)21-13/h5-8,11H,2-4H2,1H3,(H,17,18)(H,19,20). The molecule has 4 nitrogen and oxygen atoms in total. The Labute approximate surface area is 125 Å². The van der Waals surface area contributed by atoms with E-state index in [4.69, 9.17) is 5.11 Å². The van der Waals surface area contributed by atoms with Crippen LogP contribution in [0, 0.1) is 5.82 Å². The number of aliphatic carboxylic acids is 1. The van der Waals surface area contributed by atoms with Gasteiger partial charge in [0.2, 0.25) is 0 Å². The molecule has 1 amide bonds. The van der Waals surface area contributed by atoms with Gasteiger partial charge in [-0.25, -0.2) is 9.18 Å². The fraction of sp³-hybridized carbons (Fsp3) is 0.333. The van der Waals surface area contributed by atoms with E-state index in [2.05, 4.69) is 5.32 Å². The van der Waals surface area contributed by atoms with E-state index in [9.17, 15) is 14.0 Å². The smallest absolute Gasteiger partial charge is 0.326 e. The van der Waals surface area contributed by atoms with E-state index in [0.29, 0.717) is 16.0 Å². The van der Waals surface area contributed by atoms with Crippen molar-refractivity contribution in [2.24, 2.45) is 0 Å². The van der Waals surface area contributed by atoms with Crippen LogP contribution in [0.3, 0.4) is 0 Å². The van der Waals surface area contributed by atoms with Crippen LogP contribution in [0.2, 0.25) is 0 Å². The molecule has 1 unspecified atom stereocenters. The molecule has 112 valence electrons. The predicted molar refractivity (Wildman–Crippen MR) is 80.2 cm³/mol. The van der Waals surface area contributed by atoms with Gasteiger partial charge in [-0.15, -0.1) is 11.3 Å². The molecule has 0 aliphatic rings. The lowest BCUT2D eigenvalue weighted by molar-refractivity contribution is -0.139. The molecule has 0 bridgehead atoms. The number of halogens is 1. The zero-order chi connectivity index (χ0) is 15.4. The second-order valence-corrected chi connectivity index (χ2v) is 5.88. The van der Waals surface area contributed by atoms with Gasteiger partial charge in [-0.1, -0.05) is 25.8 Å². The molecule has 0 spiro atoms. The molecule has 2 aromatic rings. The molecular formula is C15H16FNO3S. The summed E-state index contributed by atoms with van der Waals surface area (Å²) in [7, 11) is 0.